The van der Waals surface area contributed by atoms with Crippen LogP contribution in [0.4, 0.5) is 11.5 Å². The number of nitriles is 2. The number of benzene rings is 3. The molecule has 4 rings (SSSR count). The zero-order valence-corrected chi connectivity index (χ0v) is 21.8. The van der Waals surface area contributed by atoms with Crippen LogP contribution in [0.1, 0.15) is 16.7 Å². The van der Waals surface area contributed by atoms with Crippen LogP contribution in [0.2, 0.25) is 0 Å². The van der Waals surface area contributed by atoms with Crippen LogP contribution < -0.4 is 15.8 Å². The second-order valence-electron chi connectivity index (χ2n) is 7.79. The lowest BCUT2D eigenvalue weighted by atomic mass is 9.97. The lowest BCUT2D eigenvalue weighted by Gasteiger charge is -2.14. The quantitative estimate of drug-likeness (QED) is 0.244. The number of carbonyl (C=O) groups is 1. The van der Waals surface area contributed by atoms with Gasteiger partial charge in [0.05, 0.1) is 11.3 Å². The van der Waals surface area contributed by atoms with Gasteiger partial charge in [0, 0.05) is 15.7 Å². The van der Waals surface area contributed by atoms with Gasteiger partial charge in [-0.15, -0.1) is 0 Å². The molecular weight excluding hydrogens is 550 g/mol. The smallest absolute Gasteiger partial charge is 0.234 e. The molecule has 0 fully saturated rings. The van der Waals surface area contributed by atoms with Gasteiger partial charge in [-0.2, -0.15) is 10.5 Å². The predicted molar refractivity (Wildman–Crippen MR) is 148 cm³/mol. The lowest BCUT2D eigenvalue weighted by molar-refractivity contribution is -0.113. The number of nitrogens with one attached hydrogen (secondary N) is 1. The molecule has 1 amide bonds. The van der Waals surface area contributed by atoms with Crippen LogP contribution in [0.5, 0.6) is 5.75 Å². The van der Waals surface area contributed by atoms with E-state index < -0.39 is 0 Å². The first-order valence-corrected chi connectivity index (χ1v) is 12.9. The third-order valence-corrected chi connectivity index (χ3v) is 6.78. The Kier molecular flexibility index (Phi) is 8.42. The Bertz CT molecular complexity index is 1500. The molecule has 0 atom stereocenters. The number of rotatable bonds is 8. The number of ether oxygens (including phenoxy) is 1. The van der Waals surface area contributed by atoms with Crippen LogP contribution in [-0.2, 0) is 11.4 Å². The summed E-state index contributed by atoms with van der Waals surface area (Å²) in [7, 11) is 0. The van der Waals surface area contributed by atoms with Crippen molar-refractivity contribution < 1.29 is 9.53 Å². The van der Waals surface area contributed by atoms with E-state index in [9.17, 15) is 15.3 Å². The average Bonchev–Trinajstić information content (AvgIpc) is 2.92. The average molecular weight is 570 g/mol. The molecule has 0 aliphatic heterocycles. The van der Waals surface area contributed by atoms with Gasteiger partial charge in [0.2, 0.25) is 5.91 Å². The minimum atomic E-state index is -0.262. The number of nitrogens with zero attached hydrogens (tertiary/aromatic N) is 3. The maximum atomic E-state index is 12.5. The Hall–Kier alpha value is -4.31. The number of aromatic nitrogens is 1. The number of anilines is 2. The van der Waals surface area contributed by atoms with Gasteiger partial charge in [-0.1, -0.05) is 70.2 Å². The molecule has 7 nitrogen and oxygen atoms in total. The topological polar surface area (TPSA) is 125 Å². The van der Waals surface area contributed by atoms with E-state index in [-0.39, 0.29) is 33.6 Å². The van der Waals surface area contributed by atoms with Gasteiger partial charge in [0.1, 0.15) is 40.9 Å². The molecule has 0 aliphatic rings. The SMILES string of the molecule is N#Cc1c(N)nc(SCC(=O)Nc2ccc(Br)cc2)c(C#N)c1-c1ccc(OCc2ccccc2)cc1. The van der Waals surface area contributed by atoms with Gasteiger partial charge in [0.25, 0.3) is 0 Å². The summed E-state index contributed by atoms with van der Waals surface area (Å²) in [5.74, 6) is 0.388. The van der Waals surface area contributed by atoms with Gasteiger partial charge < -0.3 is 15.8 Å². The Morgan fingerprint density at radius 3 is 2.30 bits per heavy atom. The molecule has 0 saturated carbocycles. The number of hydrogen-bond donors (Lipinski definition) is 2. The lowest BCUT2D eigenvalue weighted by Crippen LogP contribution is -2.14. The summed E-state index contributed by atoms with van der Waals surface area (Å²) in [5, 5.41) is 22.8. The maximum Gasteiger partial charge on any atom is 0.234 e. The molecule has 1 heterocycles. The first kappa shape index (κ1) is 25.8. The summed E-state index contributed by atoms with van der Waals surface area (Å²) < 4.78 is 6.75. The summed E-state index contributed by atoms with van der Waals surface area (Å²) in [6, 6.07) is 28.3. The van der Waals surface area contributed by atoms with Crippen molar-refractivity contribution in [1.82, 2.24) is 4.98 Å². The predicted octanol–water partition coefficient (Wildman–Crippen LogP) is 6.15. The third kappa shape index (κ3) is 6.47. The molecule has 0 spiro atoms. The summed E-state index contributed by atoms with van der Waals surface area (Å²) >= 11 is 4.44. The number of halogens is 1. The van der Waals surface area contributed by atoms with E-state index in [1.54, 1.807) is 36.4 Å². The summed E-state index contributed by atoms with van der Waals surface area (Å²) in [6.45, 7) is 0.415. The second kappa shape index (κ2) is 12.1. The molecule has 1 aromatic heterocycles. The summed E-state index contributed by atoms with van der Waals surface area (Å²) in [6.07, 6.45) is 0. The Balaban J connectivity index is 1.55. The molecule has 9 heteroatoms. The largest absolute Gasteiger partial charge is 0.489 e. The van der Waals surface area contributed by atoms with Gasteiger partial charge in [-0.05, 0) is 47.5 Å². The molecule has 3 N–H and O–H groups in total. The van der Waals surface area contributed by atoms with Crippen molar-refractivity contribution in [2.24, 2.45) is 0 Å². The molecular formula is C28H20BrN5O2S. The monoisotopic (exact) mass is 569 g/mol. The van der Waals surface area contributed by atoms with Crippen molar-refractivity contribution >= 4 is 45.1 Å². The van der Waals surface area contributed by atoms with Crippen molar-refractivity contribution in [3.63, 3.8) is 0 Å². The minimum Gasteiger partial charge on any atom is -0.489 e. The molecule has 0 aliphatic carbocycles. The third-order valence-electron chi connectivity index (χ3n) is 5.27. The standard InChI is InChI=1S/C28H20BrN5O2S/c29-20-8-10-21(11-9-20)33-25(35)17-37-28-24(15-31)26(23(14-30)27(32)34-28)19-6-12-22(13-7-19)36-16-18-4-2-1-3-5-18/h1-13H,16-17H2,(H2,32,34)(H,33,35). The van der Waals surface area contributed by atoms with Crippen LogP contribution in [0.15, 0.2) is 88.4 Å². The zero-order valence-electron chi connectivity index (χ0n) is 19.4. The van der Waals surface area contributed by atoms with Crippen molar-refractivity contribution in [3.8, 4) is 29.0 Å². The fourth-order valence-corrected chi connectivity index (χ4v) is 4.57. The van der Waals surface area contributed by atoms with Crippen LogP contribution in [0.25, 0.3) is 11.1 Å². The van der Waals surface area contributed by atoms with Gasteiger partial charge in [-0.25, -0.2) is 4.98 Å². The van der Waals surface area contributed by atoms with Crippen molar-refractivity contribution in [2.75, 3.05) is 16.8 Å². The van der Waals surface area contributed by atoms with Crippen molar-refractivity contribution in [1.29, 1.82) is 10.5 Å². The molecule has 0 saturated heterocycles. The van der Waals surface area contributed by atoms with Crippen LogP contribution in [0, 0.1) is 22.7 Å². The van der Waals surface area contributed by atoms with Gasteiger partial charge in [-0.3, -0.25) is 4.79 Å². The second-order valence-corrected chi connectivity index (χ2v) is 9.67. The summed E-state index contributed by atoms with van der Waals surface area (Å²) in [4.78, 5) is 16.7. The number of hydrogen-bond acceptors (Lipinski definition) is 7. The number of nitrogen functional groups attached to an aromatic ring is 1. The van der Waals surface area contributed by atoms with Crippen molar-refractivity contribution in [2.45, 2.75) is 11.6 Å². The van der Waals surface area contributed by atoms with E-state index in [2.05, 4.69) is 38.4 Å². The highest BCUT2D eigenvalue weighted by Crippen LogP contribution is 2.36. The first-order chi connectivity index (χ1) is 18.0. The zero-order chi connectivity index (χ0) is 26.2. The van der Waals surface area contributed by atoms with Crippen LogP contribution >= 0.6 is 27.7 Å². The molecule has 0 unspecified atom stereocenters. The van der Waals surface area contributed by atoms with E-state index in [1.807, 2.05) is 42.5 Å². The highest BCUT2D eigenvalue weighted by molar-refractivity contribution is 9.10. The molecule has 182 valence electrons. The van der Waals surface area contributed by atoms with E-state index >= 15 is 0 Å². The Labute approximate surface area is 227 Å². The molecule has 3 aromatic carbocycles. The molecule has 0 bridgehead atoms. The fourth-order valence-electron chi connectivity index (χ4n) is 3.51. The van der Waals surface area contributed by atoms with Gasteiger partial charge >= 0.3 is 0 Å². The van der Waals surface area contributed by atoms with Gasteiger partial charge in [0.15, 0.2) is 0 Å². The number of pyridine rings is 1. The Morgan fingerprint density at radius 1 is 0.973 bits per heavy atom. The van der Waals surface area contributed by atoms with Crippen LogP contribution in [-0.4, -0.2) is 16.6 Å². The van der Waals surface area contributed by atoms with Crippen LogP contribution in [0.3, 0.4) is 0 Å². The molecule has 0 radical (unpaired) electrons. The minimum absolute atomic E-state index is 0.00304. The fraction of sp³-hybridized carbons (Fsp3) is 0.0714. The Morgan fingerprint density at radius 2 is 1.65 bits per heavy atom. The molecule has 37 heavy (non-hydrogen) atoms. The highest BCUT2D eigenvalue weighted by Gasteiger charge is 2.21. The maximum absolute atomic E-state index is 12.5. The highest BCUT2D eigenvalue weighted by atomic mass is 79.9. The first-order valence-electron chi connectivity index (χ1n) is 11.1. The van der Waals surface area contributed by atoms with E-state index in [4.69, 9.17) is 10.5 Å². The van der Waals surface area contributed by atoms with E-state index in [0.29, 0.717) is 29.2 Å². The number of amides is 1. The van der Waals surface area contributed by atoms with E-state index in [0.717, 1.165) is 21.8 Å². The van der Waals surface area contributed by atoms with Crippen molar-refractivity contribution in [3.05, 3.63) is 100 Å². The number of nitrogens with two attached hydrogens (primary N) is 1. The number of carbonyl (C=O) groups excluding carboxylic acids is 1. The van der Waals surface area contributed by atoms with E-state index in [1.165, 1.54) is 0 Å². The molecule has 4 aromatic rings. The summed E-state index contributed by atoms with van der Waals surface area (Å²) in [5.41, 5.74) is 9.08. The normalized spacial score (nSPS) is 10.2. The number of thioether (sulfide) groups is 1.